The van der Waals surface area contributed by atoms with Crippen LogP contribution in [0, 0.1) is 80.7 Å². The molecule has 2 aliphatic carbocycles. The van der Waals surface area contributed by atoms with E-state index in [1.807, 2.05) is 0 Å². The van der Waals surface area contributed by atoms with Gasteiger partial charge in [0.25, 0.3) is 0 Å². The van der Waals surface area contributed by atoms with Crippen LogP contribution in [0.15, 0.2) is 0 Å². The molecule has 10 radical (unpaired) electrons. The molecule has 98 valence electrons. The first-order valence-corrected chi connectivity index (χ1v) is 6.11. The molecule has 0 aliphatic heterocycles. The predicted octanol–water partition coefficient (Wildman–Crippen LogP) is 3.81. The molecule has 2 heteroatoms. The molecule has 19 heavy (non-hydrogen) atoms. The topological polar surface area (TPSA) is 19.9 Å². The van der Waals surface area contributed by atoms with Gasteiger partial charge in [-0.1, -0.05) is 27.7 Å². The maximum absolute atomic E-state index is 7.50. The fourth-order valence-electron chi connectivity index (χ4n) is 2.30. The zero-order valence-corrected chi connectivity index (χ0v) is 13.2. The Morgan fingerprint density at radius 3 is 1.11 bits per heavy atom. The Hall–Kier alpha value is 0.272. The molecule has 0 spiro atoms. The number of hydrogen-bond acceptors (Lipinski definition) is 0. The van der Waals surface area contributed by atoms with Gasteiger partial charge < -0.3 is 0 Å². The Morgan fingerprint density at radius 1 is 0.684 bits per heavy atom. The summed E-state index contributed by atoms with van der Waals surface area (Å²) in [6, 6.07) is 0. The molecule has 2 aliphatic rings. The van der Waals surface area contributed by atoms with Crippen LogP contribution in [0.2, 0.25) is 0 Å². The van der Waals surface area contributed by atoms with E-state index in [1.165, 1.54) is 11.8 Å². The van der Waals surface area contributed by atoms with Gasteiger partial charge in [0.2, 0.25) is 0 Å². The molecule has 0 aromatic heterocycles. The molecule has 2 rings (SSSR count). The quantitative estimate of drug-likeness (QED) is 0.557. The minimum atomic E-state index is 0. The van der Waals surface area contributed by atoms with E-state index >= 15 is 0 Å². The second kappa shape index (κ2) is 7.90. The van der Waals surface area contributed by atoms with Gasteiger partial charge in [-0.05, 0) is 74.0 Å². The smallest absolute Gasteiger partial charge is 2.00 e. The van der Waals surface area contributed by atoms with Crippen LogP contribution < -0.4 is 0 Å². The van der Waals surface area contributed by atoms with Gasteiger partial charge in [-0.15, -0.1) is 0 Å². The summed E-state index contributed by atoms with van der Waals surface area (Å²) < 4.78 is 7.50. The summed E-state index contributed by atoms with van der Waals surface area (Å²) in [6.07, 6.45) is 17.4. The van der Waals surface area contributed by atoms with E-state index in [4.69, 9.17) is 4.65 Å². The summed E-state index contributed by atoms with van der Waals surface area (Å²) in [6.45, 7) is 13.8. The maximum atomic E-state index is 7.50. The molecule has 0 atom stereocenters. The van der Waals surface area contributed by atoms with E-state index in [9.17, 15) is 0 Å². The van der Waals surface area contributed by atoms with E-state index < -0.39 is 0 Å². The molecule has 2 saturated carbocycles. The largest absolute Gasteiger partial charge is 2.00 e. The van der Waals surface area contributed by atoms with Gasteiger partial charge in [0.1, 0.15) is 0 Å². The molecule has 0 N–H and O–H groups in total. The minimum absolute atomic E-state index is 0. The van der Waals surface area contributed by atoms with E-state index in [-0.39, 0.29) is 28.2 Å². The molecule has 1 nitrogen and oxygen atoms in total. The second-order valence-electron chi connectivity index (χ2n) is 5.60. The number of rotatable bonds is 3. The van der Waals surface area contributed by atoms with Crippen molar-refractivity contribution in [1.82, 2.24) is 0 Å². The first kappa shape index (κ1) is 19.3. The van der Waals surface area contributed by atoms with Crippen LogP contribution in [0.1, 0.15) is 27.7 Å². The van der Waals surface area contributed by atoms with Crippen LogP contribution >= 0.6 is 0 Å². The van der Waals surface area contributed by atoms with Crippen molar-refractivity contribution >= 4 is 0 Å². The van der Waals surface area contributed by atoms with Crippen molar-refractivity contribution in [1.29, 1.82) is 0 Å². The van der Waals surface area contributed by atoms with E-state index in [0.29, 0.717) is 0 Å². The molecule has 0 unspecified atom stereocenters. The van der Waals surface area contributed by atoms with Crippen LogP contribution in [0.4, 0.5) is 0 Å². The van der Waals surface area contributed by atoms with Gasteiger partial charge in [0, 0.05) is 0 Å². The van der Waals surface area contributed by atoms with Gasteiger partial charge in [-0.3, -0.25) is 0 Å². The Kier molecular flexibility index (Phi) is 8.01. The van der Waals surface area contributed by atoms with Gasteiger partial charge in [-0.25, -0.2) is 0 Å². The fourth-order valence-corrected chi connectivity index (χ4v) is 2.30. The summed E-state index contributed by atoms with van der Waals surface area (Å²) in [7, 11) is 0. The predicted molar refractivity (Wildman–Crippen MR) is 72.4 cm³/mol. The molecule has 0 bridgehead atoms. The molecular formula is C17H20CrO+2. The summed E-state index contributed by atoms with van der Waals surface area (Å²) in [5.74, 6) is 2.83. The Balaban J connectivity index is 0.00000103. The minimum Gasteiger partial charge on any atom is 2.00 e. The van der Waals surface area contributed by atoms with E-state index in [2.05, 4.69) is 85.7 Å². The Labute approximate surface area is 130 Å². The molecule has 2 fully saturated rings. The first-order chi connectivity index (χ1) is 8.46. The zero-order valence-electron chi connectivity index (χ0n) is 11.9. The molecular weight excluding hydrogens is 272 g/mol. The molecule has 0 heterocycles. The van der Waals surface area contributed by atoms with Crippen LogP contribution in [-0.4, -0.2) is 0 Å². The Morgan fingerprint density at radius 2 is 0.895 bits per heavy atom. The van der Waals surface area contributed by atoms with Crippen LogP contribution in [0.25, 0.3) is 0 Å². The standard InChI is InChI=1S/C16H20.CO.Cr/c1-15(2,13-9-5-6-10-13)16(3,4)14-11-7-8-12-14;1-2;/h5-12H,1-4H3;;/q;;+2. The third kappa shape index (κ3) is 3.89. The van der Waals surface area contributed by atoms with Crippen LogP contribution in [0.3, 0.4) is 0 Å². The Bertz CT molecular complexity index is 242. The monoisotopic (exact) mass is 292 g/mol. The maximum Gasteiger partial charge on any atom is 2.00 e. The van der Waals surface area contributed by atoms with Crippen molar-refractivity contribution in [3.8, 4) is 0 Å². The summed E-state index contributed by atoms with van der Waals surface area (Å²) in [5, 5.41) is 0. The zero-order chi connectivity index (χ0) is 13.8. The van der Waals surface area contributed by atoms with Gasteiger partial charge >= 0.3 is 28.7 Å². The summed E-state index contributed by atoms with van der Waals surface area (Å²) in [5.41, 5.74) is 0.287. The van der Waals surface area contributed by atoms with Gasteiger partial charge in [0.15, 0.2) is 0 Å². The van der Waals surface area contributed by atoms with Crippen molar-refractivity contribution < 1.29 is 22.0 Å². The van der Waals surface area contributed by atoms with Crippen LogP contribution in [-0.2, 0) is 22.0 Å². The van der Waals surface area contributed by atoms with Crippen molar-refractivity contribution in [2.45, 2.75) is 27.7 Å². The normalized spacial score (nSPS) is 21.6. The molecule has 0 amide bonds. The van der Waals surface area contributed by atoms with E-state index in [0.717, 1.165) is 0 Å². The second-order valence-corrected chi connectivity index (χ2v) is 5.60. The van der Waals surface area contributed by atoms with Gasteiger partial charge in [0.05, 0.1) is 0 Å². The fraction of sp³-hybridized carbons (Fsp3) is 0.353. The van der Waals surface area contributed by atoms with Crippen molar-refractivity contribution in [2.24, 2.45) is 10.8 Å². The average Bonchev–Trinajstić information content (AvgIpc) is 3.05. The average molecular weight is 292 g/mol. The molecule has 0 aromatic rings. The number of hydrogen-bond donors (Lipinski definition) is 0. The van der Waals surface area contributed by atoms with Crippen molar-refractivity contribution in [2.75, 3.05) is 0 Å². The van der Waals surface area contributed by atoms with E-state index in [1.54, 1.807) is 0 Å². The van der Waals surface area contributed by atoms with Gasteiger partial charge in [-0.2, -0.15) is 0 Å². The van der Waals surface area contributed by atoms with Crippen molar-refractivity contribution in [3.63, 3.8) is 0 Å². The first-order valence-electron chi connectivity index (χ1n) is 6.11. The SMILES string of the molecule is CC(C)([C]1[CH][CH][CH][CH]1)C(C)(C)[C]1[CH][CH][CH][CH]1.[C-]#[O+].[Cr+2]. The summed E-state index contributed by atoms with van der Waals surface area (Å²) in [4.78, 5) is 0. The molecule has 0 aromatic carbocycles. The summed E-state index contributed by atoms with van der Waals surface area (Å²) >= 11 is 0. The molecule has 0 saturated heterocycles. The van der Waals surface area contributed by atoms with Crippen molar-refractivity contribution in [3.05, 3.63) is 69.9 Å². The third-order valence-corrected chi connectivity index (χ3v) is 4.33. The third-order valence-electron chi connectivity index (χ3n) is 4.33. The van der Waals surface area contributed by atoms with Crippen LogP contribution in [0.5, 0.6) is 0 Å².